The zero-order valence-electron chi connectivity index (χ0n) is 12.6. The highest BCUT2D eigenvalue weighted by atomic mass is 35.5. The van der Waals surface area contributed by atoms with E-state index in [1.807, 2.05) is 6.92 Å². The van der Waals surface area contributed by atoms with Gasteiger partial charge in [0.1, 0.15) is 5.75 Å². The van der Waals surface area contributed by atoms with Gasteiger partial charge in [0, 0.05) is 11.3 Å². The summed E-state index contributed by atoms with van der Waals surface area (Å²) in [5.74, 6) is 0.540. The minimum Gasteiger partial charge on any atom is -0.491 e. The molecule has 0 saturated heterocycles. The summed E-state index contributed by atoms with van der Waals surface area (Å²) >= 11 is 5.85. The molecule has 5 heteroatoms. The predicted molar refractivity (Wildman–Crippen MR) is 90.6 cm³/mol. The molecule has 2 aromatic rings. The molecule has 0 aliphatic carbocycles. The molecule has 22 heavy (non-hydrogen) atoms. The van der Waals surface area contributed by atoms with Crippen molar-refractivity contribution in [2.24, 2.45) is 0 Å². The lowest BCUT2D eigenvalue weighted by Crippen LogP contribution is -2.13. The van der Waals surface area contributed by atoms with Gasteiger partial charge < -0.3 is 15.8 Å². The SMILES string of the molecule is CCC(C)Oc1ccc(C(=O)Nc2ccc(Cl)c(N)c2)cc1. The number of amides is 1. The normalized spacial score (nSPS) is 11.8. The summed E-state index contributed by atoms with van der Waals surface area (Å²) in [6.45, 7) is 4.07. The number of halogens is 1. The Labute approximate surface area is 135 Å². The van der Waals surface area contributed by atoms with Gasteiger partial charge in [0.2, 0.25) is 0 Å². The zero-order valence-corrected chi connectivity index (χ0v) is 13.4. The lowest BCUT2D eigenvalue weighted by atomic mass is 10.2. The number of rotatable bonds is 5. The summed E-state index contributed by atoms with van der Waals surface area (Å²) in [5, 5.41) is 3.24. The fraction of sp³-hybridized carbons (Fsp3) is 0.235. The van der Waals surface area contributed by atoms with Gasteiger partial charge in [-0.25, -0.2) is 0 Å². The smallest absolute Gasteiger partial charge is 0.255 e. The lowest BCUT2D eigenvalue weighted by molar-refractivity contribution is 0.102. The fourth-order valence-corrected chi connectivity index (χ4v) is 1.94. The van der Waals surface area contributed by atoms with E-state index in [0.29, 0.717) is 22.0 Å². The number of nitrogens with one attached hydrogen (secondary N) is 1. The van der Waals surface area contributed by atoms with Crippen LogP contribution in [0.4, 0.5) is 11.4 Å². The van der Waals surface area contributed by atoms with Crippen molar-refractivity contribution < 1.29 is 9.53 Å². The summed E-state index contributed by atoms with van der Waals surface area (Å²) in [6, 6.07) is 12.0. The number of carbonyl (C=O) groups is 1. The molecular weight excluding hydrogens is 300 g/mol. The van der Waals surface area contributed by atoms with Gasteiger partial charge in [0.15, 0.2) is 0 Å². The van der Waals surface area contributed by atoms with E-state index in [1.54, 1.807) is 42.5 Å². The predicted octanol–water partition coefficient (Wildman–Crippen LogP) is 4.35. The molecule has 0 heterocycles. The molecule has 0 aliphatic heterocycles. The molecule has 0 fully saturated rings. The topological polar surface area (TPSA) is 64.3 Å². The van der Waals surface area contributed by atoms with E-state index in [0.717, 1.165) is 12.2 Å². The van der Waals surface area contributed by atoms with Crippen molar-refractivity contribution in [1.82, 2.24) is 0 Å². The average molecular weight is 319 g/mol. The molecule has 0 radical (unpaired) electrons. The van der Waals surface area contributed by atoms with Crippen molar-refractivity contribution in [3.8, 4) is 5.75 Å². The summed E-state index contributed by atoms with van der Waals surface area (Å²) in [6.07, 6.45) is 1.08. The molecule has 0 aliphatic rings. The minimum absolute atomic E-state index is 0.150. The Bertz CT molecular complexity index is 656. The first kappa shape index (κ1) is 16.2. The van der Waals surface area contributed by atoms with Gasteiger partial charge in [-0.1, -0.05) is 18.5 Å². The summed E-state index contributed by atoms with van der Waals surface area (Å²) < 4.78 is 5.68. The van der Waals surface area contributed by atoms with Crippen LogP contribution in [-0.2, 0) is 0 Å². The van der Waals surface area contributed by atoms with Crippen LogP contribution in [-0.4, -0.2) is 12.0 Å². The fourth-order valence-electron chi connectivity index (χ4n) is 1.83. The van der Waals surface area contributed by atoms with E-state index in [-0.39, 0.29) is 12.0 Å². The van der Waals surface area contributed by atoms with Gasteiger partial charge in [-0.2, -0.15) is 0 Å². The van der Waals surface area contributed by atoms with E-state index < -0.39 is 0 Å². The van der Waals surface area contributed by atoms with E-state index in [9.17, 15) is 4.79 Å². The number of ether oxygens (including phenoxy) is 1. The van der Waals surface area contributed by atoms with Crippen molar-refractivity contribution in [2.45, 2.75) is 26.4 Å². The molecule has 0 spiro atoms. The Balaban J connectivity index is 2.04. The monoisotopic (exact) mass is 318 g/mol. The highest BCUT2D eigenvalue weighted by molar-refractivity contribution is 6.33. The molecule has 0 bridgehead atoms. The highest BCUT2D eigenvalue weighted by Crippen LogP contribution is 2.23. The maximum absolute atomic E-state index is 12.2. The largest absolute Gasteiger partial charge is 0.491 e. The van der Waals surface area contributed by atoms with Crippen LogP contribution in [0.5, 0.6) is 5.75 Å². The molecular formula is C17H19ClN2O2. The molecule has 116 valence electrons. The molecule has 1 atom stereocenters. The van der Waals surface area contributed by atoms with Crippen LogP contribution >= 0.6 is 11.6 Å². The van der Waals surface area contributed by atoms with Crippen LogP contribution < -0.4 is 15.8 Å². The van der Waals surface area contributed by atoms with E-state index in [2.05, 4.69) is 12.2 Å². The molecule has 4 nitrogen and oxygen atoms in total. The van der Waals surface area contributed by atoms with E-state index >= 15 is 0 Å². The maximum Gasteiger partial charge on any atom is 0.255 e. The number of nitrogens with two attached hydrogens (primary N) is 1. The maximum atomic E-state index is 12.2. The Kier molecular flexibility index (Phi) is 5.28. The Morgan fingerprint density at radius 3 is 2.55 bits per heavy atom. The quantitative estimate of drug-likeness (QED) is 0.805. The Morgan fingerprint density at radius 1 is 1.27 bits per heavy atom. The molecule has 3 N–H and O–H groups in total. The minimum atomic E-state index is -0.211. The molecule has 2 rings (SSSR count). The molecule has 0 aromatic heterocycles. The van der Waals surface area contributed by atoms with Gasteiger partial charge in [0.05, 0.1) is 16.8 Å². The first-order valence-electron chi connectivity index (χ1n) is 7.12. The number of benzene rings is 2. The number of nitrogen functional groups attached to an aromatic ring is 1. The van der Waals surface area contributed by atoms with Crippen LogP contribution in [0, 0.1) is 0 Å². The van der Waals surface area contributed by atoms with Gasteiger partial charge in [0.25, 0.3) is 5.91 Å². The number of hydrogen-bond donors (Lipinski definition) is 2. The van der Waals surface area contributed by atoms with E-state index in [4.69, 9.17) is 22.1 Å². The van der Waals surface area contributed by atoms with Crippen molar-refractivity contribution >= 4 is 28.9 Å². The van der Waals surface area contributed by atoms with E-state index in [1.165, 1.54) is 0 Å². The van der Waals surface area contributed by atoms with Gasteiger partial charge in [-0.3, -0.25) is 4.79 Å². The van der Waals surface area contributed by atoms with Gasteiger partial charge >= 0.3 is 0 Å². The second kappa shape index (κ2) is 7.18. The second-order valence-electron chi connectivity index (χ2n) is 5.05. The van der Waals surface area contributed by atoms with Gasteiger partial charge in [-0.15, -0.1) is 0 Å². The van der Waals surface area contributed by atoms with Crippen LogP contribution in [0.2, 0.25) is 5.02 Å². The van der Waals surface area contributed by atoms with Crippen molar-refractivity contribution in [2.75, 3.05) is 11.1 Å². The second-order valence-corrected chi connectivity index (χ2v) is 5.46. The number of anilines is 2. The number of carbonyl (C=O) groups excluding carboxylic acids is 1. The van der Waals surface area contributed by atoms with Crippen molar-refractivity contribution in [3.63, 3.8) is 0 Å². The van der Waals surface area contributed by atoms with Crippen LogP contribution in [0.25, 0.3) is 0 Å². The summed E-state index contributed by atoms with van der Waals surface area (Å²) in [4.78, 5) is 12.2. The van der Waals surface area contributed by atoms with Crippen LogP contribution in [0.3, 0.4) is 0 Å². The van der Waals surface area contributed by atoms with Crippen molar-refractivity contribution in [3.05, 3.63) is 53.1 Å². The molecule has 1 amide bonds. The lowest BCUT2D eigenvalue weighted by Gasteiger charge is -2.13. The van der Waals surface area contributed by atoms with Crippen molar-refractivity contribution in [1.29, 1.82) is 0 Å². The third-order valence-corrected chi connectivity index (χ3v) is 3.63. The van der Waals surface area contributed by atoms with Crippen LogP contribution in [0.15, 0.2) is 42.5 Å². The molecule has 2 aromatic carbocycles. The van der Waals surface area contributed by atoms with Gasteiger partial charge in [-0.05, 0) is 55.8 Å². The third-order valence-electron chi connectivity index (χ3n) is 3.28. The molecule has 1 unspecified atom stereocenters. The first-order chi connectivity index (χ1) is 10.5. The number of hydrogen-bond acceptors (Lipinski definition) is 3. The Hall–Kier alpha value is -2.20. The summed E-state index contributed by atoms with van der Waals surface area (Å²) in [5.41, 5.74) is 7.29. The average Bonchev–Trinajstić information content (AvgIpc) is 2.51. The van der Waals surface area contributed by atoms with Crippen LogP contribution in [0.1, 0.15) is 30.6 Å². The summed E-state index contributed by atoms with van der Waals surface area (Å²) in [7, 11) is 0. The highest BCUT2D eigenvalue weighted by Gasteiger charge is 2.08. The standard InChI is InChI=1S/C17H19ClN2O2/c1-3-11(2)22-14-7-4-12(5-8-14)17(21)20-13-6-9-15(18)16(19)10-13/h4-11H,3,19H2,1-2H3,(H,20,21). The Morgan fingerprint density at radius 2 is 1.95 bits per heavy atom. The molecule has 0 saturated carbocycles. The zero-order chi connectivity index (χ0) is 16.1. The third kappa shape index (κ3) is 4.15. The first-order valence-corrected chi connectivity index (χ1v) is 7.50.